The molecule has 6 heteroatoms. The zero-order chi connectivity index (χ0) is 17.0. The lowest BCUT2D eigenvalue weighted by atomic mass is 10.1. The molecule has 5 nitrogen and oxygen atoms in total. The van der Waals surface area contributed by atoms with Crippen LogP contribution >= 0.6 is 11.6 Å². The van der Waals surface area contributed by atoms with Crippen LogP contribution in [0.3, 0.4) is 0 Å². The highest BCUT2D eigenvalue weighted by Crippen LogP contribution is 2.21. The van der Waals surface area contributed by atoms with Gasteiger partial charge in [0.2, 0.25) is 0 Å². The normalized spacial score (nSPS) is 10.2. The maximum Gasteiger partial charge on any atom is 0.255 e. The topological polar surface area (TPSA) is 69.6 Å². The fourth-order valence-electron chi connectivity index (χ4n) is 1.99. The maximum absolute atomic E-state index is 12.1. The van der Waals surface area contributed by atoms with Gasteiger partial charge in [0.15, 0.2) is 0 Å². The van der Waals surface area contributed by atoms with Gasteiger partial charge in [-0.15, -0.1) is 0 Å². The molecular formula is C17H17ClN2O3. The fraction of sp³-hybridized carbons (Fsp3) is 0.176. The molecule has 0 spiro atoms. The summed E-state index contributed by atoms with van der Waals surface area (Å²) in [6, 6.07) is 11.3. The predicted octanol–water partition coefficient (Wildman–Crippen LogP) is 2.68. The lowest BCUT2D eigenvalue weighted by molar-refractivity contribution is 0.0827. The molecule has 0 aliphatic rings. The Morgan fingerprint density at radius 2 is 1.78 bits per heavy atom. The number of aromatic hydroxyl groups is 1. The molecule has 0 aromatic heterocycles. The van der Waals surface area contributed by atoms with Crippen molar-refractivity contribution in [1.82, 2.24) is 10.2 Å². The molecule has 0 fully saturated rings. The van der Waals surface area contributed by atoms with E-state index in [1.807, 2.05) is 0 Å². The van der Waals surface area contributed by atoms with Crippen LogP contribution in [0.4, 0.5) is 0 Å². The van der Waals surface area contributed by atoms with Gasteiger partial charge in [0.25, 0.3) is 11.8 Å². The highest BCUT2D eigenvalue weighted by Gasteiger charge is 2.12. The van der Waals surface area contributed by atoms with Gasteiger partial charge in [0.05, 0.1) is 5.56 Å². The molecule has 0 aliphatic heterocycles. The Hall–Kier alpha value is -2.53. The van der Waals surface area contributed by atoms with E-state index in [9.17, 15) is 14.7 Å². The number of nitrogens with zero attached hydrogens (tertiary/aromatic N) is 1. The SMILES string of the molecule is CN(C)C(=O)c1ccc(CNC(=O)c2cc(Cl)ccc2O)cc1. The number of amides is 2. The summed E-state index contributed by atoms with van der Waals surface area (Å²) >= 11 is 5.82. The van der Waals surface area contributed by atoms with Crippen molar-refractivity contribution in [3.63, 3.8) is 0 Å². The van der Waals surface area contributed by atoms with E-state index < -0.39 is 5.91 Å². The van der Waals surface area contributed by atoms with E-state index >= 15 is 0 Å². The van der Waals surface area contributed by atoms with Crippen LogP contribution in [0.5, 0.6) is 5.75 Å². The molecule has 120 valence electrons. The molecule has 0 heterocycles. The molecular weight excluding hydrogens is 316 g/mol. The van der Waals surface area contributed by atoms with Crippen LogP contribution in [-0.4, -0.2) is 35.9 Å². The van der Waals surface area contributed by atoms with Crippen molar-refractivity contribution in [3.8, 4) is 5.75 Å². The highest BCUT2D eigenvalue weighted by atomic mass is 35.5. The van der Waals surface area contributed by atoms with Crippen molar-refractivity contribution in [2.24, 2.45) is 0 Å². The largest absolute Gasteiger partial charge is 0.507 e. The van der Waals surface area contributed by atoms with Crippen LogP contribution in [0, 0.1) is 0 Å². The summed E-state index contributed by atoms with van der Waals surface area (Å²) in [5.41, 5.74) is 1.55. The predicted molar refractivity (Wildman–Crippen MR) is 88.7 cm³/mol. The van der Waals surface area contributed by atoms with Crippen molar-refractivity contribution in [1.29, 1.82) is 0 Å². The minimum atomic E-state index is -0.418. The van der Waals surface area contributed by atoms with Gasteiger partial charge in [-0.2, -0.15) is 0 Å². The number of halogens is 1. The molecule has 2 aromatic rings. The first-order chi connectivity index (χ1) is 10.9. The van der Waals surface area contributed by atoms with E-state index in [1.54, 1.807) is 38.4 Å². The summed E-state index contributed by atoms with van der Waals surface area (Å²) in [5.74, 6) is -0.623. The molecule has 0 radical (unpaired) electrons. The van der Waals surface area contributed by atoms with Crippen LogP contribution in [0.2, 0.25) is 5.02 Å². The first-order valence-corrected chi connectivity index (χ1v) is 7.33. The summed E-state index contributed by atoms with van der Waals surface area (Å²) in [7, 11) is 3.38. The van der Waals surface area contributed by atoms with Gasteiger partial charge >= 0.3 is 0 Å². The smallest absolute Gasteiger partial charge is 0.255 e. The quantitative estimate of drug-likeness (QED) is 0.904. The second kappa shape index (κ2) is 7.15. The molecule has 2 aromatic carbocycles. The molecule has 0 aliphatic carbocycles. The number of nitrogens with one attached hydrogen (secondary N) is 1. The Kier molecular flexibility index (Phi) is 5.24. The highest BCUT2D eigenvalue weighted by molar-refractivity contribution is 6.31. The maximum atomic E-state index is 12.1. The Bertz CT molecular complexity index is 727. The lowest BCUT2D eigenvalue weighted by Crippen LogP contribution is -2.23. The number of carbonyl (C=O) groups is 2. The molecule has 2 amide bonds. The number of hydrogen-bond acceptors (Lipinski definition) is 3. The van der Waals surface area contributed by atoms with E-state index in [0.29, 0.717) is 10.6 Å². The first-order valence-electron chi connectivity index (χ1n) is 6.96. The van der Waals surface area contributed by atoms with E-state index in [1.165, 1.54) is 23.1 Å². The van der Waals surface area contributed by atoms with E-state index in [0.717, 1.165) is 5.56 Å². The van der Waals surface area contributed by atoms with Crippen molar-refractivity contribution < 1.29 is 14.7 Å². The zero-order valence-corrected chi connectivity index (χ0v) is 13.6. The van der Waals surface area contributed by atoms with Gasteiger partial charge in [0.1, 0.15) is 5.75 Å². The minimum absolute atomic E-state index is 0.0792. The van der Waals surface area contributed by atoms with Crippen molar-refractivity contribution in [2.75, 3.05) is 14.1 Å². The van der Waals surface area contributed by atoms with Crippen LogP contribution in [0.15, 0.2) is 42.5 Å². The summed E-state index contributed by atoms with van der Waals surface area (Å²) in [5, 5.41) is 12.8. The number of hydrogen-bond donors (Lipinski definition) is 2. The van der Waals surface area contributed by atoms with Crippen molar-refractivity contribution in [2.45, 2.75) is 6.54 Å². The minimum Gasteiger partial charge on any atom is -0.507 e. The number of phenols is 1. The Morgan fingerprint density at radius 3 is 2.39 bits per heavy atom. The molecule has 0 saturated carbocycles. The third-order valence-electron chi connectivity index (χ3n) is 3.26. The molecule has 0 saturated heterocycles. The number of phenolic OH excluding ortho intramolecular Hbond substituents is 1. The van der Waals surface area contributed by atoms with Crippen molar-refractivity contribution >= 4 is 23.4 Å². The molecule has 2 N–H and O–H groups in total. The Balaban J connectivity index is 2.02. The average Bonchev–Trinajstić information content (AvgIpc) is 2.54. The summed E-state index contributed by atoms with van der Waals surface area (Å²) < 4.78 is 0. The zero-order valence-electron chi connectivity index (χ0n) is 12.8. The average molecular weight is 333 g/mol. The van der Waals surface area contributed by atoms with Crippen LogP contribution in [0.25, 0.3) is 0 Å². The van der Waals surface area contributed by atoms with Gasteiger partial charge in [-0.05, 0) is 35.9 Å². The summed E-state index contributed by atoms with van der Waals surface area (Å²) in [6.45, 7) is 0.279. The summed E-state index contributed by atoms with van der Waals surface area (Å²) in [4.78, 5) is 25.4. The first kappa shape index (κ1) is 16.8. The number of carbonyl (C=O) groups excluding carboxylic acids is 2. The Morgan fingerprint density at radius 1 is 1.13 bits per heavy atom. The monoisotopic (exact) mass is 332 g/mol. The molecule has 0 unspecified atom stereocenters. The molecule has 0 atom stereocenters. The van der Waals surface area contributed by atoms with Gasteiger partial charge in [-0.25, -0.2) is 0 Å². The van der Waals surface area contributed by atoms with Crippen LogP contribution in [-0.2, 0) is 6.54 Å². The number of benzene rings is 2. The van der Waals surface area contributed by atoms with Crippen LogP contribution < -0.4 is 5.32 Å². The Labute approximate surface area is 139 Å². The number of rotatable bonds is 4. The molecule has 23 heavy (non-hydrogen) atoms. The fourth-order valence-corrected chi connectivity index (χ4v) is 2.16. The van der Waals surface area contributed by atoms with Gasteiger partial charge < -0.3 is 15.3 Å². The lowest BCUT2D eigenvalue weighted by Gasteiger charge is -2.11. The van der Waals surface area contributed by atoms with Crippen molar-refractivity contribution in [3.05, 3.63) is 64.2 Å². The molecule has 0 bridgehead atoms. The standard InChI is InChI=1S/C17H17ClN2O3/c1-20(2)17(23)12-5-3-11(4-6-12)10-19-16(22)14-9-13(18)7-8-15(14)21/h3-9,21H,10H2,1-2H3,(H,19,22). The third kappa shape index (κ3) is 4.23. The van der Waals surface area contributed by atoms with Gasteiger partial charge in [-0.1, -0.05) is 23.7 Å². The second-order valence-corrected chi connectivity index (χ2v) is 5.68. The van der Waals surface area contributed by atoms with Crippen LogP contribution in [0.1, 0.15) is 26.3 Å². The van der Waals surface area contributed by atoms with E-state index in [2.05, 4.69) is 5.32 Å². The van der Waals surface area contributed by atoms with Gasteiger partial charge in [-0.3, -0.25) is 9.59 Å². The second-order valence-electron chi connectivity index (χ2n) is 5.24. The van der Waals surface area contributed by atoms with E-state index in [-0.39, 0.29) is 23.8 Å². The van der Waals surface area contributed by atoms with E-state index in [4.69, 9.17) is 11.6 Å². The third-order valence-corrected chi connectivity index (χ3v) is 3.50. The molecule has 2 rings (SSSR count). The van der Waals surface area contributed by atoms with Gasteiger partial charge in [0, 0.05) is 31.2 Å². The summed E-state index contributed by atoms with van der Waals surface area (Å²) in [6.07, 6.45) is 0.